The Bertz CT molecular complexity index is 612. The summed E-state index contributed by atoms with van der Waals surface area (Å²) >= 11 is 0. The molecule has 0 spiro atoms. The lowest BCUT2D eigenvalue weighted by Crippen LogP contribution is -2.11. The summed E-state index contributed by atoms with van der Waals surface area (Å²) in [6.45, 7) is 3.70. The van der Waals surface area contributed by atoms with Crippen molar-refractivity contribution in [3.8, 4) is 11.1 Å². The van der Waals surface area contributed by atoms with E-state index in [9.17, 15) is 4.79 Å². The van der Waals surface area contributed by atoms with Crippen LogP contribution in [0.4, 0.5) is 5.69 Å². The highest BCUT2D eigenvalue weighted by Gasteiger charge is 2.08. The maximum Gasteiger partial charge on any atom is 0.306 e. The van der Waals surface area contributed by atoms with Crippen molar-refractivity contribution in [1.29, 1.82) is 0 Å². The Morgan fingerprint density at radius 3 is 2.41 bits per heavy atom. The number of carbonyl (C=O) groups is 1. The summed E-state index contributed by atoms with van der Waals surface area (Å²) in [6, 6.07) is 16.0. The molecule has 22 heavy (non-hydrogen) atoms. The number of hydrogen-bond donors (Lipinski definition) is 1. The zero-order valence-corrected chi connectivity index (χ0v) is 13.7. The van der Waals surface area contributed by atoms with Crippen LogP contribution in [-0.4, -0.2) is 12.1 Å². The monoisotopic (exact) mass is 319 g/mol. The molecule has 2 rings (SSSR count). The van der Waals surface area contributed by atoms with Gasteiger partial charge in [-0.2, -0.15) is 0 Å². The third kappa shape index (κ3) is 5.08. The molecule has 0 heterocycles. The molecular formula is C18H22ClNO2. The van der Waals surface area contributed by atoms with E-state index < -0.39 is 0 Å². The third-order valence-electron chi connectivity index (χ3n) is 3.19. The lowest BCUT2D eigenvalue weighted by atomic mass is 10.00. The molecule has 0 aliphatic heterocycles. The highest BCUT2D eigenvalue weighted by atomic mass is 35.5. The van der Waals surface area contributed by atoms with E-state index in [-0.39, 0.29) is 24.5 Å². The zero-order chi connectivity index (χ0) is 15.2. The van der Waals surface area contributed by atoms with Gasteiger partial charge in [0.15, 0.2) is 0 Å². The van der Waals surface area contributed by atoms with Crippen LogP contribution < -0.4 is 5.73 Å². The second-order valence-electron chi connectivity index (χ2n) is 5.33. The van der Waals surface area contributed by atoms with Gasteiger partial charge >= 0.3 is 5.97 Å². The number of esters is 1. The number of rotatable bonds is 5. The maximum absolute atomic E-state index is 11.5. The van der Waals surface area contributed by atoms with E-state index in [1.807, 2.05) is 62.4 Å². The molecule has 0 unspecified atom stereocenters. The first-order valence-corrected chi connectivity index (χ1v) is 7.19. The van der Waals surface area contributed by atoms with Crippen LogP contribution in [0.2, 0.25) is 0 Å². The van der Waals surface area contributed by atoms with Crippen molar-refractivity contribution >= 4 is 24.1 Å². The maximum atomic E-state index is 11.5. The predicted octanol–water partition coefficient (Wildman–Crippen LogP) is 4.24. The SMILES string of the molecule is CC(C)OC(=O)CCc1ccc(-c2ccccc2)c(N)c1.Cl. The summed E-state index contributed by atoms with van der Waals surface area (Å²) in [4.78, 5) is 11.5. The van der Waals surface area contributed by atoms with E-state index in [1.54, 1.807) is 0 Å². The molecule has 0 atom stereocenters. The number of nitrogen functional groups attached to an aromatic ring is 1. The number of halogens is 1. The molecule has 3 nitrogen and oxygen atoms in total. The first-order chi connectivity index (χ1) is 10.1. The smallest absolute Gasteiger partial charge is 0.306 e. The number of benzene rings is 2. The van der Waals surface area contributed by atoms with Crippen LogP contribution >= 0.6 is 12.4 Å². The molecule has 0 saturated heterocycles. The Kier molecular flexibility index (Phi) is 6.93. The van der Waals surface area contributed by atoms with Crippen molar-refractivity contribution < 1.29 is 9.53 Å². The topological polar surface area (TPSA) is 52.3 Å². The second kappa shape index (κ2) is 8.44. The Morgan fingerprint density at radius 2 is 1.82 bits per heavy atom. The number of hydrogen-bond acceptors (Lipinski definition) is 3. The van der Waals surface area contributed by atoms with Crippen molar-refractivity contribution in [2.45, 2.75) is 32.8 Å². The lowest BCUT2D eigenvalue weighted by molar-refractivity contribution is -0.147. The van der Waals surface area contributed by atoms with Crippen molar-refractivity contribution in [3.63, 3.8) is 0 Å². The molecule has 118 valence electrons. The van der Waals surface area contributed by atoms with Gasteiger partial charge in [-0.15, -0.1) is 12.4 Å². The number of aryl methyl sites for hydroxylation is 1. The fourth-order valence-electron chi connectivity index (χ4n) is 2.22. The van der Waals surface area contributed by atoms with Gasteiger partial charge in [-0.25, -0.2) is 0 Å². The average Bonchev–Trinajstić information content (AvgIpc) is 2.45. The van der Waals surface area contributed by atoms with E-state index in [0.717, 1.165) is 22.4 Å². The fourth-order valence-corrected chi connectivity index (χ4v) is 2.22. The molecule has 2 N–H and O–H groups in total. The van der Waals surface area contributed by atoms with E-state index >= 15 is 0 Å². The number of ether oxygens (including phenoxy) is 1. The van der Waals surface area contributed by atoms with Gasteiger partial charge in [0.1, 0.15) is 0 Å². The highest BCUT2D eigenvalue weighted by Crippen LogP contribution is 2.26. The summed E-state index contributed by atoms with van der Waals surface area (Å²) in [5.41, 5.74) is 10.0. The Balaban J connectivity index is 0.00000242. The van der Waals surface area contributed by atoms with Gasteiger partial charge in [0.05, 0.1) is 6.10 Å². The van der Waals surface area contributed by atoms with E-state index in [0.29, 0.717) is 12.8 Å². The molecule has 2 aromatic rings. The largest absolute Gasteiger partial charge is 0.463 e. The Morgan fingerprint density at radius 1 is 1.14 bits per heavy atom. The van der Waals surface area contributed by atoms with Crippen molar-refractivity contribution in [2.75, 3.05) is 5.73 Å². The van der Waals surface area contributed by atoms with Crippen LogP contribution in [-0.2, 0) is 16.0 Å². The lowest BCUT2D eigenvalue weighted by Gasteiger charge is -2.10. The van der Waals surface area contributed by atoms with E-state index in [4.69, 9.17) is 10.5 Å². The van der Waals surface area contributed by atoms with Crippen LogP contribution in [0.15, 0.2) is 48.5 Å². The Hall–Kier alpha value is -2.00. The molecule has 0 aromatic heterocycles. The second-order valence-corrected chi connectivity index (χ2v) is 5.33. The third-order valence-corrected chi connectivity index (χ3v) is 3.19. The summed E-state index contributed by atoms with van der Waals surface area (Å²) in [7, 11) is 0. The molecule has 0 aliphatic rings. The van der Waals surface area contributed by atoms with Gasteiger partial charge in [-0.3, -0.25) is 4.79 Å². The molecule has 0 radical (unpaired) electrons. The summed E-state index contributed by atoms with van der Waals surface area (Å²) in [5.74, 6) is -0.171. The van der Waals surface area contributed by atoms with Gasteiger partial charge in [-0.05, 0) is 37.5 Å². The zero-order valence-electron chi connectivity index (χ0n) is 12.9. The van der Waals surface area contributed by atoms with Crippen LogP contribution in [0.5, 0.6) is 0 Å². The molecular weight excluding hydrogens is 298 g/mol. The van der Waals surface area contributed by atoms with Crippen LogP contribution in [0.1, 0.15) is 25.8 Å². The quantitative estimate of drug-likeness (QED) is 0.662. The van der Waals surface area contributed by atoms with Crippen molar-refractivity contribution in [2.24, 2.45) is 0 Å². The van der Waals surface area contributed by atoms with Gasteiger partial charge in [0.25, 0.3) is 0 Å². The van der Waals surface area contributed by atoms with Crippen molar-refractivity contribution in [1.82, 2.24) is 0 Å². The highest BCUT2D eigenvalue weighted by molar-refractivity contribution is 5.85. The van der Waals surface area contributed by atoms with E-state index in [1.165, 1.54) is 0 Å². The van der Waals surface area contributed by atoms with Crippen LogP contribution in [0.3, 0.4) is 0 Å². The molecule has 0 amide bonds. The Labute approximate surface area is 137 Å². The average molecular weight is 320 g/mol. The molecule has 2 aromatic carbocycles. The first-order valence-electron chi connectivity index (χ1n) is 7.19. The summed E-state index contributed by atoms with van der Waals surface area (Å²) in [6.07, 6.45) is 0.954. The molecule has 0 aliphatic carbocycles. The predicted molar refractivity (Wildman–Crippen MR) is 93.1 cm³/mol. The van der Waals surface area contributed by atoms with Gasteiger partial charge in [0, 0.05) is 17.7 Å². The van der Waals surface area contributed by atoms with Gasteiger partial charge in [-0.1, -0.05) is 42.5 Å². The minimum atomic E-state index is -0.171. The van der Waals surface area contributed by atoms with E-state index in [2.05, 4.69) is 0 Å². The number of anilines is 1. The van der Waals surface area contributed by atoms with Gasteiger partial charge in [0.2, 0.25) is 0 Å². The standard InChI is InChI=1S/C18H21NO2.ClH/c1-13(2)21-18(20)11-9-14-8-10-16(17(19)12-14)15-6-4-3-5-7-15;/h3-8,10,12-13H,9,11,19H2,1-2H3;1H. The minimum Gasteiger partial charge on any atom is -0.463 e. The normalized spacial score (nSPS) is 10.1. The summed E-state index contributed by atoms with van der Waals surface area (Å²) < 4.78 is 5.13. The summed E-state index contributed by atoms with van der Waals surface area (Å²) in [5, 5.41) is 0. The molecule has 0 bridgehead atoms. The van der Waals surface area contributed by atoms with Crippen molar-refractivity contribution in [3.05, 3.63) is 54.1 Å². The van der Waals surface area contributed by atoms with Gasteiger partial charge < -0.3 is 10.5 Å². The molecule has 4 heteroatoms. The molecule has 0 fully saturated rings. The number of nitrogens with two attached hydrogens (primary N) is 1. The molecule has 0 saturated carbocycles. The fraction of sp³-hybridized carbons (Fsp3) is 0.278. The first kappa shape index (κ1) is 18.1. The number of carbonyl (C=O) groups excluding carboxylic acids is 1. The van der Waals surface area contributed by atoms with Crippen LogP contribution in [0.25, 0.3) is 11.1 Å². The van der Waals surface area contributed by atoms with Crippen LogP contribution in [0, 0.1) is 0 Å². The minimum absolute atomic E-state index is 0.